The SMILES string of the molecule is COc1ccc2c(c1)-c1n[nH]c(=O)cc1CO2. The van der Waals surface area contributed by atoms with Crippen molar-refractivity contribution in [2.24, 2.45) is 0 Å². The molecule has 0 bridgehead atoms. The maximum atomic E-state index is 11.2. The fourth-order valence-corrected chi connectivity index (χ4v) is 1.89. The Labute approximate surface area is 97.0 Å². The number of hydrogen-bond donors (Lipinski definition) is 1. The molecule has 2 aromatic rings. The van der Waals surface area contributed by atoms with Gasteiger partial charge < -0.3 is 9.47 Å². The highest BCUT2D eigenvalue weighted by atomic mass is 16.5. The molecule has 0 atom stereocenters. The predicted molar refractivity (Wildman–Crippen MR) is 61.2 cm³/mol. The molecule has 0 spiro atoms. The van der Waals surface area contributed by atoms with E-state index >= 15 is 0 Å². The number of rotatable bonds is 1. The summed E-state index contributed by atoms with van der Waals surface area (Å²) in [4.78, 5) is 11.2. The highest BCUT2D eigenvalue weighted by Crippen LogP contribution is 2.37. The van der Waals surface area contributed by atoms with Gasteiger partial charge in [0.2, 0.25) is 0 Å². The van der Waals surface area contributed by atoms with Crippen LogP contribution in [-0.4, -0.2) is 17.3 Å². The average Bonchev–Trinajstić information content (AvgIpc) is 2.37. The standard InChI is InChI=1S/C12H10N2O3/c1-16-8-2-3-10-9(5-8)12-7(6-17-10)4-11(15)13-14-12/h2-5H,6H2,1H3,(H,13,15). The number of nitrogens with one attached hydrogen (secondary N) is 1. The summed E-state index contributed by atoms with van der Waals surface area (Å²) in [5.74, 6) is 1.48. The van der Waals surface area contributed by atoms with Gasteiger partial charge in [-0.15, -0.1) is 0 Å². The Morgan fingerprint density at radius 3 is 3.12 bits per heavy atom. The predicted octanol–water partition coefficient (Wildman–Crippen LogP) is 1.34. The molecule has 0 saturated carbocycles. The van der Waals surface area contributed by atoms with Crippen LogP contribution in [0.3, 0.4) is 0 Å². The molecule has 0 radical (unpaired) electrons. The molecule has 0 saturated heterocycles. The molecule has 0 fully saturated rings. The zero-order chi connectivity index (χ0) is 11.8. The molecule has 1 aliphatic heterocycles. The van der Waals surface area contributed by atoms with Gasteiger partial charge in [0.1, 0.15) is 23.8 Å². The summed E-state index contributed by atoms with van der Waals surface area (Å²) >= 11 is 0. The lowest BCUT2D eigenvalue weighted by molar-refractivity contribution is 0.300. The van der Waals surface area contributed by atoms with Gasteiger partial charge in [0.05, 0.1) is 7.11 Å². The number of aromatic nitrogens is 2. The molecular weight excluding hydrogens is 220 g/mol. The molecule has 5 nitrogen and oxygen atoms in total. The van der Waals surface area contributed by atoms with Crippen molar-refractivity contribution in [3.63, 3.8) is 0 Å². The van der Waals surface area contributed by atoms with Crippen LogP contribution in [0.1, 0.15) is 5.56 Å². The minimum atomic E-state index is -0.223. The first-order chi connectivity index (χ1) is 8.28. The van der Waals surface area contributed by atoms with Gasteiger partial charge in [-0.25, -0.2) is 5.10 Å². The Morgan fingerprint density at radius 1 is 1.41 bits per heavy atom. The molecule has 1 N–H and O–H groups in total. The van der Waals surface area contributed by atoms with Gasteiger partial charge in [-0.2, -0.15) is 5.10 Å². The molecule has 1 aliphatic rings. The Morgan fingerprint density at radius 2 is 2.29 bits per heavy atom. The molecule has 3 rings (SSSR count). The lowest BCUT2D eigenvalue weighted by atomic mass is 10.0. The van der Waals surface area contributed by atoms with E-state index in [0.717, 1.165) is 28.3 Å². The van der Waals surface area contributed by atoms with Crippen LogP contribution in [0.4, 0.5) is 0 Å². The van der Waals surface area contributed by atoms with Crippen molar-refractivity contribution in [3.8, 4) is 22.8 Å². The molecular formula is C12H10N2O3. The number of benzene rings is 1. The normalized spacial score (nSPS) is 12.3. The monoisotopic (exact) mass is 230 g/mol. The number of fused-ring (bicyclic) bond motifs is 3. The minimum Gasteiger partial charge on any atom is -0.497 e. The van der Waals surface area contributed by atoms with Gasteiger partial charge in [-0.1, -0.05) is 0 Å². The summed E-state index contributed by atoms with van der Waals surface area (Å²) in [7, 11) is 1.60. The van der Waals surface area contributed by atoms with E-state index in [-0.39, 0.29) is 5.56 Å². The van der Waals surface area contributed by atoms with E-state index in [0.29, 0.717) is 6.61 Å². The van der Waals surface area contributed by atoms with Gasteiger partial charge in [-0.05, 0) is 18.2 Å². The highest BCUT2D eigenvalue weighted by Gasteiger charge is 2.19. The smallest absolute Gasteiger partial charge is 0.264 e. The third-order valence-corrected chi connectivity index (χ3v) is 2.71. The molecule has 17 heavy (non-hydrogen) atoms. The van der Waals surface area contributed by atoms with Crippen LogP contribution in [0, 0.1) is 0 Å². The fraction of sp³-hybridized carbons (Fsp3) is 0.167. The van der Waals surface area contributed by atoms with Crippen molar-refractivity contribution in [2.75, 3.05) is 7.11 Å². The van der Waals surface area contributed by atoms with E-state index in [4.69, 9.17) is 9.47 Å². The van der Waals surface area contributed by atoms with Crippen molar-refractivity contribution in [3.05, 3.63) is 40.2 Å². The van der Waals surface area contributed by atoms with Crippen molar-refractivity contribution < 1.29 is 9.47 Å². The first-order valence-corrected chi connectivity index (χ1v) is 5.18. The van der Waals surface area contributed by atoms with Crippen molar-refractivity contribution in [1.29, 1.82) is 0 Å². The maximum Gasteiger partial charge on any atom is 0.264 e. The Balaban J connectivity index is 2.23. The van der Waals surface area contributed by atoms with E-state index in [9.17, 15) is 4.79 Å². The minimum absolute atomic E-state index is 0.223. The van der Waals surface area contributed by atoms with Crippen LogP contribution >= 0.6 is 0 Å². The van der Waals surface area contributed by atoms with Crippen molar-refractivity contribution in [1.82, 2.24) is 10.2 Å². The fourth-order valence-electron chi connectivity index (χ4n) is 1.89. The van der Waals surface area contributed by atoms with Crippen molar-refractivity contribution >= 4 is 0 Å². The number of methoxy groups -OCH3 is 1. The lowest BCUT2D eigenvalue weighted by Gasteiger charge is -2.19. The largest absolute Gasteiger partial charge is 0.497 e. The zero-order valence-corrected chi connectivity index (χ0v) is 9.19. The Kier molecular flexibility index (Phi) is 2.11. The number of H-pyrrole nitrogens is 1. The molecule has 1 aromatic heterocycles. The van der Waals surface area contributed by atoms with E-state index in [1.807, 2.05) is 18.2 Å². The molecule has 86 valence electrons. The van der Waals surface area contributed by atoms with Crippen LogP contribution in [0.2, 0.25) is 0 Å². The van der Waals surface area contributed by atoms with Gasteiger partial charge in [0.25, 0.3) is 5.56 Å². The third-order valence-electron chi connectivity index (χ3n) is 2.71. The topological polar surface area (TPSA) is 64.2 Å². The zero-order valence-electron chi connectivity index (χ0n) is 9.19. The van der Waals surface area contributed by atoms with E-state index in [2.05, 4.69) is 10.2 Å². The van der Waals surface area contributed by atoms with Crippen molar-refractivity contribution in [2.45, 2.75) is 6.61 Å². The van der Waals surface area contributed by atoms with Gasteiger partial charge in [-0.3, -0.25) is 4.79 Å². The van der Waals surface area contributed by atoms with Gasteiger partial charge in [0.15, 0.2) is 0 Å². The van der Waals surface area contributed by atoms with Crippen LogP contribution in [0.5, 0.6) is 11.5 Å². The van der Waals surface area contributed by atoms with Crippen LogP contribution in [-0.2, 0) is 6.61 Å². The van der Waals surface area contributed by atoms with E-state index in [1.165, 1.54) is 6.07 Å². The number of aromatic amines is 1. The Bertz CT molecular complexity index is 634. The molecule has 0 amide bonds. The third kappa shape index (κ3) is 1.56. The second kappa shape index (κ2) is 3.62. The highest BCUT2D eigenvalue weighted by molar-refractivity contribution is 5.72. The maximum absolute atomic E-state index is 11.2. The first kappa shape index (κ1) is 9.89. The molecule has 5 heteroatoms. The van der Waals surface area contributed by atoms with Crippen LogP contribution in [0.25, 0.3) is 11.3 Å². The second-order valence-electron chi connectivity index (χ2n) is 3.76. The summed E-state index contributed by atoms with van der Waals surface area (Å²) in [6, 6.07) is 7.02. The van der Waals surface area contributed by atoms with Gasteiger partial charge in [0, 0.05) is 17.2 Å². The second-order valence-corrected chi connectivity index (χ2v) is 3.76. The van der Waals surface area contributed by atoms with E-state index in [1.54, 1.807) is 7.11 Å². The average molecular weight is 230 g/mol. The van der Waals surface area contributed by atoms with Gasteiger partial charge >= 0.3 is 0 Å². The van der Waals surface area contributed by atoms with E-state index < -0.39 is 0 Å². The summed E-state index contributed by atoms with van der Waals surface area (Å²) < 4.78 is 10.7. The summed E-state index contributed by atoms with van der Waals surface area (Å²) in [5.41, 5.74) is 2.14. The number of ether oxygens (including phenoxy) is 2. The van der Waals surface area contributed by atoms with Crippen LogP contribution < -0.4 is 15.0 Å². The number of hydrogen-bond acceptors (Lipinski definition) is 4. The summed E-state index contributed by atoms with van der Waals surface area (Å²) in [6.07, 6.45) is 0. The summed E-state index contributed by atoms with van der Waals surface area (Å²) in [6.45, 7) is 0.367. The number of nitrogens with zero attached hydrogens (tertiary/aromatic N) is 1. The first-order valence-electron chi connectivity index (χ1n) is 5.18. The molecule has 1 aromatic carbocycles. The lowest BCUT2D eigenvalue weighted by Crippen LogP contribution is -2.15. The quantitative estimate of drug-likeness (QED) is 0.802. The summed E-state index contributed by atoms with van der Waals surface area (Å²) in [5, 5.41) is 6.50. The molecule has 2 heterocycles. The molecule has 0 unspecified atom stereocenters. The Hall–Kier alpha value is -2.30. The van der Waals surface area contributed by atoms with Crippen LogP contribution in [0.15, 0.2) is 29.1 Å². The molecule has 0 aliphatic carbocycles.